The third-order valence-corrected chi connectivity index (χ3v) is 10.6. The number of aromatic nitrogens is 1. The number of fused-ring (bicyclic) bond motifs is 1. The summed E-state index contributed by atoms with van der Waals surface area (Å²) in [7, 11) is 4.19. The first-order valence-electron chi connectivity index (χ1n) is 16.2. The van der Waals surface area contributed by atoms with Gasteiger partial charge in [0.2, 0.25) is 11.7 Å². The van der Waals surface area contributed by atoms with Crippen LogP contribution < -0.4 is 14.4 Å². The molecule has 3 aliphatic rings. The second-order valence-electron chi connectivity index (χ2n) is 12.4. The van der Waals surface area contributed by atoms with Crippen molar-refractivity contribution in [2.24, 2.45) is 0 Å². The molecule has 47 heavy (non-hydrogen) atoms. The molecule has 2 aliphatic heterocycles. The topological polar surface area (TPSA) is 68.1 Å². The van der Waals surface area contributed by atoms with Gasteiger partial charge in [0.15, 0.2) is 5.78 Å². The lowest BCUT2D eigenvalue weighted by atomic mass is 9.88. The minimum atomic E-state index is -0.0745. The van der Waals surface area contributed by atoms with Gasteiger partial charge in [-0.25, -0.2) is 4.57 Å². The fraction of sp³-hybridized carbons (Fsp3) is 0.316. The lowest BCUT2D eigenvalue weighted by molar-refractivity contribution is -0.582. The molecule has 2 aromatic carbocycles. The van der Waals surface area contributed by atoms with E-state index in [0.29, 0.717) is 68.0 Å². The van der Waals surface area contributed by atoms with Crippen LogP contribution in [0.25, 0.3) is 11.8 Å². The van der Waals surface area contributed by atoms with E-state index in [1.54, 1.807) is 32.5 Å². The Balaban J connectivity index is 1.10. The van der Waals surface area contributed by atoms with Crippen molar-refractivity contribution in [2.45, 2.75) is 38.5 Å². The number of pyridine rings is 1. The van der Waals surface area contributed by atoms with Gasteiger partial charge in [-0.2, -0.15) is 0 Å². The van der Waals surface area contributed by atoms with Crippen molar-refractivity contribution in [3.63, 3.8) is 0 Å². The summed E-state index contributed by atoms with van der Waals surface area (Å²) in [5.41, 5.74) is 5.46. The van der Waals surface area contributed by atoms with Crippen LogP contribution in [0.2, 0.25) is 0 Å². The number of rotatable bonds is 8. The predicted octanol–water partition coefficient (Wildman–Crippen LogP) is 5.63. The van der Waals surface area contributed by atoms with Crippen molar-refractivity contribution in [2.75, 3.05) is 56.6 Å². The standard InChI is InChI=1S/C38H42N5O3S/c1-26-27(2)38(46)36(28(3)37(26)45)42-22-20-41(21-23-42)34(44)16-11-18-39(4)33-24-29(17-19-43(33)30-12-7-6-8-13-30)25-35-40(5)31-14-9-10-15-32(31)47-35/h6-10,12-15,17,19,24-25H,11,16,18,20-23H2,1-5H3/q+1. The van der Waals surface area contributed by atoms with Gasteiger partial charge >= 0.3 is 0 Å². The van der Waals surface area contributed by atoms with Gasteiger partial charge in [0.05, 0.1) is 36.2 Å². The normalized spacial score (nSPS) is 17.6. The molecule has 0 radical (unpaired) electrons. The zero-order valence-corrected chi connectivity index (χ0v) is 28.6. The van der Waals surface area contributed by atoms with E-state index in [2.05, 4.69) is 89.3 Å². The smallest absolute Gasteiger partial charge is 0.282 e. The summed E-state index contributed by atoms with van der Waals surface area (Å²) in [6.45, 7) is 8.05. The van der Waals surface area contributed by atoms with Crippen molar-refractivity contribution in [3.8, 4) is 5.69 Å². The van der Waals surface area contributed by atoms with Crippen LogP contribution in [0.4, 0.5) is 11.5 Å². The largest absolute Gasteiger partial charge is 0.364 e. The van der Waals surface area contributed by atoms with Gasteiger partial charge in [0.1, 0.15) is 5.69 Å². The minimum Gasteiger partial charge on any atom is -0.364 e. The molecule has 242 valence electrons. The molecule has 1 fully saturated rings. The molecule has 0 saturated carbocycles. The van der Waals surface area contributed by atoms with Gasteiger partial charge in [-0.05, 0) is 69.2 Å². The number of carbonyl (C=O) groups excluding carboxylic acids is 3. The molecule has 1 saturated heterocycles. The number of thioether (sulfide) groups is 1. The second kappa shape index (κ2) is 13.6. The Morgan fingerprint density at radius 2 is 1.57 bits per heavy atom. The second-order valence-corrected chi connectivity index (χ2v) is 13.5. The lowest BCUT2D eigenvalue weighted by Crippen LogP contribution is -2.50. The molecule has 0 N–H and O–H groups in total. The highest BCUT2D eigenvalue weighted by molar-refractivity contribution is 8.03. The number of piperazine rings is 1. The molecule has 0 spiro atoms. The number of anilines is 2. The SMILES string of the molecule is CC1=C(C)C(=O)C(N2CCN(C(=O)CCCN(C)c3cc(/C=C4/Sc5ccccc5N4C)cc[n+]3-c3ccccc3)CC2)=C(C)C1=O. The van der Waals surface area contributed by atoms with Crippen molar-refractivity contribution in [3.05, 3.63) is 106 Å². The van der Waals surface area contributed by atoms with Gasteiger partial charge in [-0.1, -0.05) is 42.1 Å². The molecule has 3 heterocycles. The van der Waals surface area contributed by atoms with E-state index in [0.717, 1.165) is 17.1 Å². The first kappa shape index (κ1) is 32.3. The van der Waals surface area contributed by atoms with Gasteiger partial charge in [0.25, 0.3) is 5.82 Å². The number of amides is 1. The summed E-state index contributed by atoms with van der Waals surface area (Å²) in [4.78, 5) is 48.5. The van der Waals surface area contributed by atoms with Crippen molar-refractivity contribution in [1.82, 2.24) is 9.80 Å². The summed E-state index contributed by atoms with van der Waals surface area (Å²) < 4.78 is 2.19. The van der Waals surface area contributed by atoms with Crippen LogP contribution in [0.3, 0.4) is 0 Å². The Labute approximate surface area is 281 Å². The van der Waals surface area contributed by atoms with E-state index in [4.69, 9.17) is 0 Å². The van der Waals surface area contributed by atoms with Gasteiger partial charge in [-0.3, -0.25) is 19.3 Å². The molecule has 8 nitrogen and oxygen atoms in total. The maximum atomic E-state index is 13.3. The van der Waals surface area contributed by atoms with Crippen LogP contribution in [0.15, 0.2) is 105 Å². The Morgan fingerprint density at radius 3 is 2.30 bits per heavy atom. The van der Waals surface area contributed by atoms with E-state index in [-0.39, 0.29) is 17.5 Å². The number of Topliss-reactive ketones (excluding diaryl/α,β-unsaturated/α-hetero) is 2. The molecule has 6 rings (SSSR count). The first-order valence-corrected chi connectivity index (χ1v) is 17.0. The Hall–Kier alpha value is -4.63. The quantitative estimate of drug-likeness (QED) is 0.232. The maximum Gasteiger partial charge on any atom is 0.282 e. The maximum absolute atomic E-state index is 13.3. The lowest BCUT2D eigenvalue weighted by Gasteiger charge is -2.38. The molecule has 0 bridgehead atoms. The summed E-state index contributed by atoms with van der Waals surface area (Å²) in [6, 6.07) is 23.1. The molecule has 9 heteroatoms. The molecular formula is C38H42N5O3S+. The summed E-state index contributed by atoms with van der Waals surface area (Å²) in [5.74, 6) is 1.03. The average Bonchev–Trinajstić information content (AvgIpc) is 3.41. The molecule has 0 unspecified atom stereocenters. The van der Waals surface area contributed by atoms with Crippen LogP contribution >= 0.6 is 11.8 Å². The minimum absolute atomic E-state index is 0.0641. The van der Waals surface area contributed by atoms with Crippen LogP contribution in [0.1, 0.15) is 39.2 Å². The fourth-order valence-corrected chi connectivity index (χ4v) is 7.57. The number of carbonyl (C=O) groups is 3. The molecular weight excluding hydrogens is 607 g/mol. The zero-order chi connectivity index (χ0) is 33.2. The number of nitrogens with zero attached hydrogens (tertiary/aromatic N) is 5. The Morgan fingerprint density at radius 1 is 0.894 bits per heavy atom. The monoisotopic (exact) mass is 648 g/mol. The van der Waals surface area contributed by atoms with Gasteiger partial charge in [-0.15, -0.1) is 0 Å². The van der Waals surface area contributed by atoms with E-state index >= 15 is 0 Å². The molecule has 0 atom stereocenters. The predicted molar refractivity (Wildman–Crippen MR) is 188 cm³/mol. The highest BCUT2D eigenvalue weighted by Crippen LogP contribution is 2.45. The number of hydrogen-bond donors (Lipinski definition) is 0. The van der Waals surface area contributed by atoms with E-state index in [1.165, 1.54) is 15.6 Å². The summed E-state index contributed by atoms with van der Waals surface area (Å²) >= 11 is 1.78. The van der Waals surface area contributed by atoms with Crippen LogP contribution in [-0.2, 0) is 14.4 Å². The van der Waals surface area contributed by atoms with Crippen molar-refractivity contribution in [1.29, 1.82) is 0 Å². The van der Waals surface area contributed by atoms with E-state index in [1.807, 2.05) is 28.0 Å². The number of benzene rings is 2. The van der Waals surface area contributed by atoms with Crippen molar-refractivity contribution < 1.29 is 19.0 Å². The Kier molecular flexibility index (Phi) is 9.36. The van der Waals surface area contributed by atoms with Crippen LogP contribution in [0.5, 0.6) is 0 Å². The van der Waals surface area contributed by atoms with E-state index < -0.39 is 0 Å². The third kappa shape index (κ3) is 6.49. The molecule has 1 aliphatic carbocycles. The number of ketones is 2. The van der Waals surface area contributed by atoms with Gasteiger partial charge in [0, 0.05) is 67.3 Å². The average molecular weight is 649 g/mol. The molecule has 3 aromatic rings. The van der Waals surface area contributed by atoms with Crippen LogP contribution in [0, 0.1) is 0 Å². The van der Waals surface area contributed by atoms with Crippen molar-refractivity contribution >= 4 is 46.8 Å². The summed E-state index contributed by atoms with van der Waals surface area (Å²) in [5, 5.41) is 1.18. The van der Waals surface area contributed by atoms with Gasteiger partial charge < -0.3 is 14.7 Å². The first-order chi connectivity index (χ1) is 22.6. The number of hydrogen-bond acceptors (Lipinski definition) is 7. The number of para-hydroxylation sites is 2. The number of allylic oxidation sites excluding steroid dienone is 3. The zero-order valence-electron chi connectivity index (χ0n) is 27.8. The van der Waals surface area contributed by atoms with Crippen LogP contribution in [-0.4, -0.2) is 74.1 Å². The highest BCUT2D eigenvalue weighted by Gasteiger charge is 2.33. The molecule has 1 amide bonds. The Bertz CT molecular complexity index is 1820. The molecule has 1 aromatic heterocycles. The highest BCUT2D eigenvalue weighted by atomic mass is 32.2. The van der Waals surface area contributed by atoms with E-state index in [9.17, 15) is 14.4 Å². The fourth-order valence-electron chi connectivity index (χ4n) is 6.46. The third-order valence-electron chi connectivity index (χ3n) is 9.43. The summed E-state index contributed by atoms with van der Waals surface area (Å²) in [6.07, 6.45) is 5.50.